The van der Waals surface area contributed by atoms with Crippen LogP contribution in [0, 0.1) is 5.92 Å². The van der Waals surface area contributed by atoms with Gasteiger partial charge in [-0.05, 0) is 24.0 Å². The van der Waals surface area contributed by atoms with Crippen molar-refractivity contribution in [2.45, 2.75) is 26.0 Å². The molecular weight excluding hydrogens is 294 g/mol. The Hall–Kier alpha value is -2.34. The number of β-amino-alcohol motifs (C(OH)–C–C–N with tert-alkyl or cyclic N) is 1. The van der Waals surface area contributed by atoms with Crippen molar-refractivity contribution in [1.29, 1.82) is 0 Å². The molecule has 0 bridgehead atoms. The van der Waals surface area contributed by atoms with Gasteiger partial charge in [0, 0.05) is 36.6 Å². The van der Waals surface area contributed by atoms with Crippen LogP contribution in [0.5, 0.6) is 0 Å². The quantitative estimate of drug-likeness (QED) is 0.784. The number of hydrogen-bond acceptors (Lipinski definition) is 3. The van der Waals surface area contributed by atoms with Gasteiger partial charge in [0.05, 0.1) is 6.10 Å². The van der Waals surface area contributed by atoms with Gasteiger partial charge >= 0.3 is 6.03 Å². The van der Waals surface area contributed by atoms with E-state index in [1.54, 1.807) is 4.90 Å². The van der Waals surface area contributed by atoms with Gasteiger partial charge in [-0.2, -0.15) is 0 Å². The molecule has 3 rings (SSSR count). The second-order valence-corrected chi connectivity index (χ2v) is 6.14. The lowest BCUT2D eigenvalue weighted by Crippen LogP contribution is -2.49. The first kappa shape index (κ1) is 15.6. The standard InChI is InChI=1S/C17H21N3O3/c1-11-6-7-20(10-15(11)21)17(23)18-9-12-8-16(22)19-14-5-3-2-4-13(12)14/h2-5,8,11,15,21H,6-7,9-10H2,1H3,(H,18,23)(H,19,22). The molecule has 1 fully saturated rings. The maximum Gasteiger partial charge on any atom is 0.317 e. The number of nitrogens with zero attached hydrogens (tertiary/aromatic N) is 1. The molecule has 122 valence electrons. The van der Waals surface area contributed by atoms with E-state index in [2.05, 4.69) is 10.3 Å². The highest BCUT2D eigenvalue weighted by molar-refractivity contribution is 5.82. The first-order valence-corrected chi connectivity index (χ1v) is 7.86. The predicted octanol–water partition coefficient (Wildman–Crippen LogP) is 1.44. The highest BCUT2D eigenvalue weighted by atomic mass is 16.3. The molecule has 0 aliphatic carbocycles. The molecule has 2 amide bonds. The molecule has 1 saturated heterocycles. The number of fused-ring (bicyclic) bond motifs is 1. The zero-order valence-electron chi connectivity index (χ0n) is 13.1. The molecule has 6 heteroatoms. The smallest absolute Gasteiger partial charge is 0.317 e. The lowest BCUT2D eigenvalue weighted by Gasteiger charge is -2.34. The summed E-state index contributed by atoms with van der Waals surface area (Å²) in [5.41, 5.74) is 1.35. The van der Waals surface area contributed by atoms with Crippen LogP contribution in [0.4, 0.5) is 4.79 Å². The first-order valence-electron chi connectivity index (χ1n) is 7.86. The summed E-state index contributed by atoms with van der Waals surface area (Å²) in [7, 11) is 0. The molecular formula is C17H21N3O3. The van der Waals surface area contributed by atoms with Crippen molar-refractivity contribution in [2.24, 2.45) is 5.92 Å². The van der Waals surface area contributed by atoms with Crippen LogP contribution in [-0.4, -0.2) is 40.2 Å². The number of likely N-dealkylation sites (tertiary alicyclic amines) is 1. The largest absolute Gasteiger partial charge is 0.391 e. The third-order valence-electron chi connectivity index (χ3n) is 4.47. The van der Waals surface area contributed by atoms with Gasteiger partial charge < -0.3 is 20.3 Å². The number of para-hydroxylation sites is 1. The van der Waals surface area contributed by atoms with E-state index < -0.39 is 6.10 Å². The highest BCUT2D eigenvalue weighted by Gasteiger charge is 2.27. The Kier molecular flexibility index (Phi) is 4.34. The lowest BCUT2D eigenvalue weighted by molar-refractivity contribution is 0.0435. The van der Waals surface area contributed by atoms with Gasteiger partial charge in [0.2, 0.25) is 5.56 Å². The van der Waals surface area contributed by atoms with E-state index in [4.69, 9.17) is 0 Å². The maximum absolute atomic E-state index is 12.3. The van der Waals surface area contributed by atoms with Crippen molar-refractivity contribution in [2.75, 3.05) is 13.1 Å². The van der Waals surface area contributed by atoms with E-state index in [0.717, 1.165) is 22.9 Å². The third kappa shape index (κ3) is 3.37. The highest BCUT2D eigenvalue weighted by Crippen LogP contribution is 2.17. The monoisotopic (exact) mass is 315 g/mol. The zero-order chi connectivity index (χ0) is 16.4. The molecule has 6 nitrogen and oxygen atoms in total. The Morgan fingerprint density at radius 2 is 2.22 bits per heavy atom. The van der Waals surface area contributed by atoms with E-state index in [0.29, 0.717) is 13.1 Å². The number of hydrogen-bond donors (Lipinski definition) is 3. The number of amides is 2. The molecule has 23 heavy (non-hydrogen) atoms. The minimum Gasteiger partial charge on any atom is -0.391 e. The van der Waals surface area contributed by atoms with E-state index in [9.17, 15) is 14.7 Å². The van der Waals surface area contributed by atoms with Crippen molar-refractivity contribution in [3.8, 4) is 0 Å². The summed E-state index contributed by atoms with van der Waals surface area (Å²) in [6.07, 6.45) is 0.317. The van der Waals surface area contributed by atoms with Gasteiger partial charge in [-0.3, -0.25) is 4.79 Å². The fraction of sp³-hybridized carbons (Fsp3) is 0.412. The maximum atomic E-state index is 12.3. The number of piperidine rings is 1. The van der Waals surface area contributed by atoms with Crippen LogP contribution < -0.4 is 10.9 Å². The number of carbonyl (C=O) groups excluding carboxylic acids is 1. The van der Waals surface area contributed by atoms with Crippen LogP contribution in [0.1, 0.15) is 18.9 Å². The molecule has 1 aromatic carbocycles. The van der Waals surface area contributed by atoms with Crippen LogP contribution in [0.15, 0.2) is 35.1 Å². The summed E-state index contributed by atoms with van der Waals surface area (Å²) in [5.74, 6) is 0.218. The first-order chi connectivity index (χ1) is 11.0. The van der Waals surface area contributed by atoms with Crippen LogP contribution in [0.3, 0.4) is 0 Å². The van der Waals surface area contributed by atoms with Crippen molar-refractivity contribution in [1.82, 2.24) is 15.2 Å². The number of urea groups is 1. The fourth-order valence-corrected chi connectivity index (χ4v) is 2.94. The van der Waals surface area contributed by atoms with E-state index in [1.807, 2.05) is 31.2 Å². The van der Waals surface area contributed by atoms with Crippen LogP contribution in [0.25, 0.3) is 10.9 Å². The van der Waals surface area contributed by atoms with Gasteiger partial charge in [0.1, 0.15) is 0 Å². The second kappa shape index (κ2) is 6.42. The number of rotatable bonds is 2. The van der Waals surface area contributed by atoms with Crippen molar-refractivity contribution in [3.05, 3.63) is 46.2 Å². The number of aliphatic hydroxyl groups is 1. The van der Waals surface area contributed by atoms with Crippen molar-refractivity contribution in [3.63, 3.8) is 0 Å². The van der Waals surface area contributed by atoms with Crippen LogP contribution in [-0.2, 0) is 6.54 Å². The SMILES string of the molecule is CC1CCN(C(=O)NCc2cc(=O)[nH]c3ccccc23)CC1O. The number of carbonyl (C=O) groups is 1. The lowest BCUT2D eigenvalue weighted by atomic mass is 9.96. The second-order valence-electron chi connectivity index (χ2n) is 6.14. The van der Waals surface area contributed by atoms with Gasteiger partial charge in [-0.15, -0.1) is 0 Å². The number of aromatic amines is 1. The predicted molar refractivity (Wildman–Crippen MR) is 88.2 cm³/mol. The molecule has 0 radical (unpaired) electrons. The Bertz CT molecular complexity index is 771. The summed E-state index contributed by atoms with van der Waals surface area (Å²) >= 11 is 0. The van der Waals surface area contributed by atoms with Gasteiger partial charge in [-0.1, -0.05) is 25.1 Å². The molecule has 1 aliphatic rings. The Morgan fingerprint density at radius 3 is 3.00 bits per heavy atom. The van der Waals surface area contributed by atoms with Gasteiger partial charge in [-0.25, -0.2) is 4.79 Å². The minimum absolute atomic E-state index is 0.185. The number of pyridine rings is 1. The molecule has 3 N–H and O–H groups in total. The molecule has 0 saturated carbocycles. The summed E-state index contributed by atoms with van der Waals surface area (Å²) in [6, 6.07) is 8.81. The molecule has 2 heterocycles. The molecule has 2 aromatic rings. The van der Waals surface area contributed by atoms with E-state index in [-0.39, 0.29) is 24.1 Å². The summed E-state index contributed by atoms with van der Waals surface area (Å²) in [4.78, 5) is 28.4. The van der Waals surface area contributed by atoms with Crippen LogP contribution in [0.2, 0.25) is 0 Å². The molecule has 2 unspecified atom stereocenters. The number of nitrogens with one attached hydrogen (secondary N) is 2. The van der Waals surface area contributed by atoms with Gasteiger partial charge in [0.25, 0.3) is 0 Å². The molecule has 2 atom stereocenters. The zero-order valence-corrected chi connectivity index (χ0v) is 13.1. The molecule has 1 aromatic heterocycles. The van der Waals surface area contributed by atoms with Gasteiger partial charge in [0.15, 0.2) is 0 Å². The topological polar surface area (TPSA) is 85.4 Å². The van der Waals surface area contributed by atoms with Crippen LogP contribution >= 0.6 is 0 Å². The number of aliphatic hydroxyl groups excluding tert-OH is 1. The summed E-state index contributed by atoms with van der Waals surface area (Å²) < 4.78 is 0. The molecule has 1 aliphatic heterocycles. The Morgan fingerprint density at radius 1 is 1.43 bits per heavy atom. The van der Waals surface area contributed by atoms with Crippen molar-refractivity contribution >= 4 is 16.9 Å². The average molecular weight is 315 g/mol. The summed E-state index contributed by atoms with van der Waals surface area (Å²) in [5, 5.41) is 13.7. The number of H-pyrrole nitrogens is 1. The number of benzene rings is 1. The third-order valence-corrected chi connectivity index (χ3v) is 4.47. The average Bonchev–Trinajstić information content (AvgIpc) is 2.54. The Balaban J connectivity index is 1.71. The van der Waals surface area contributed by atoms with E-state index in [1.165, 1.54) is 6.07 Å². The Labute approximate surface area is 134 Å². The summed E-state index contributed by atoms with van der Waals surface area (Å²) in [6.45, 7) is 3.26. The van der Waals surface area contributed by atoms with E-state index >= 15 is 0 Å². The van der Waals surface area contributed by atoms with Crippen molar-refractivity contribution < 1.29 is 9.90 Å². The minimum atomic E-state index is -0.477. The normalized spacial score (nSPS) is 21.4. The fourth-order valence-electron chi connectivity index (χ4n) is 2.94. The number of aromatic nitrogens is 1. The molecule has 0 spiro atoms.